The van der Waals surface area contributed by atoms with Crippen LogP contribution in [0.15, 0.2) is 0 Å². The van der Waals surface area contributed by atoms with Crippen molar-refractivity contribution in [2.45, 2.75) is 27.7 Å². The number of carbonyl (C=O) groups is 3. The van der Waals surface area contributed by atoms with Crippen LogP contribution in [0.2, 0.25) is 0 Å². The minimum absolute atomic E-state index is 0. The molecule has 0 aliphatic rings. The molecular weight excluding hydrogens is 329 g/mol. The molecule has 0 spiro atoms. The summed E-state index contributed by atoms with van der Waals surface area (Å²) in [6.45, 7) is 6.85. The number of aliphatic carboxylic acids is 3. The maximum Gasteiger partial charge on any atom is 1.00 e. The van der Waals surface area contributed by atoms with E-state index in [1.54, 1.807) is 0 Å². The first-order valence-electron chi connectivity index (χ1n) is 5.23. The van der Waals surface area contributed by atoms with Crippen molar-refractivity contribution >= 4 is 17.9 Å². The number of nitrogens with zero attached hydrogens (tertiary/aromatic N) is 1. The summed E-state index contributed by atoms with van der Waals surface area (Å²) >= 11 is 0. The first-order chi connectivity index (χ1) is 8.50. The molecule has 122 valence electrons. The van der Waals surface area contributed by atoms with E-state index >= 15 is 0 Å². The number of rotatable bonds is 3. The van der Waals surface area contributed by atoms with E-state index in [-0.39, 0.29) is 93.0 Å². The van der Waals surface area contributed by atoms with E-state index in [0.29, 0.717) is 19.6 Å². The Kier molecular flexibility index (Phi) is 75.5. The Morgan fingerprint density at radius 3 is 1.14 bits per heavy atom. The Labute approximate surface area is 201 Å². The quantitative estimate of drug-likeness (QED) is 0.244. The Morgan fingerprint density at radius 2 is 1.09 bits per heavy atom. The minimum Gasteiger partial charge on any atom is -1.00 e. The van der Waals surface area contributed by atoms with Gasteiger partial charge in [0.1, 0.15) is 0 Å². The first kappa shape index (κ1) is 43.6. The van der Waals surface area contributed by atoms with Gasteiger partial charge in [0.15, 0.2) is 0 Å². The summed E-state index contributed by atoms with van der Waals surface area (Å²) in [5, 5.41) is 32.0. The molecule has 0 heterocycles. The molecule has 0 saturated carbocycles. The second-order valence-corrected chi connectivity index (χ2v) is 2.89. The fourth-order valence-electron chi connectivity index (χ4n) is 0.307. The number of nitrogens with two attached hydrogens (primary N) is 1. The van der Waals surface area contributed by atoms with Crippen LogP contribution in [-0.4, -0.2) is 63.1 Å². The van der Waals surface area contributed by atoms with Crippen molar-refractivity contribution in [3.8, 4) is 0 Å². The molecule has 0 aromatic heterocycles. The largest absolute Gasteiger partial charge is 1.00 e. The fourth-order valence-corrected chi connectivity index (χ4v) is 0.307. The Hall–Kier alpha value is 1.29. The van der Waals surface area contributed by atoms with Crippen LogP contribution in [0.4, 0.5) is 0 Å². The van der Waals surface area contributed by atoms with Crippen LogP contribution in [0.3, 0.4) is 0 Å². The van der Waals surface area contributed by atoms with Crippen LogP contribution in [0.25, 0.3) is 0 Å². The molecule has 0 bridgehead atoms. The van der Waals surface area contributed by atoms with Crippen LogP contribution in [0.1, 0.15) is 32.0 Å². The summed E-state index contributed by atoms with van der Waals surface area (Å²) in [5.74, 6) is -2.50. The van der Waals surface area contributed by atoms with Gasteiger partial charge in [-0.25, -0.2) is 0 Å². The molecule has 0 aliphatic heterocycles. The molecule has 0 amide bonds. The Balaban J connectivity index is -0.0000000143. The number of likely N-dealkylation sites (N-methyl/N-ethyl adjacent to an activating group) is 1. The predicted octanol–water partition coefficient (Wildman–Crippen LogP) is -8.72. The molecule has 6 N–H and O–H groups in total. The van der Waals surface area contributed by atoms with Crippen molar-refractivity contribution < 1.29 is 128 Å². The summed E-state index contributed by atoms with van der Waals surface area (Å²) in [7, 11) is 0. The molecule has 0 rings (SSSR count). The SMILES string of the molecule is CC(=O)O.CC(=O)O.CC(=O)O.CCN(O)CCN.[H-].[H-].[H-].[Na+].[Na+].[Na+]. The van der Waals surface area contributed by atoms with Crippen molar-refractivity contribution in [1.29, 1.82) is 0 Å². The van der Waals surface area contributed by atoms with Crippen molar-refractivity contribution in [3.05, 3.63) is 0 Å². The molecular formula is C10H27N2Na3O7. The maximum atomic E-state index is 9.00. The number of hydrogen-bond acceptors (Lipinski definition) is 6. The Bertz CT molecular complexity index is 219. The number of hydroxylamine groups is 2. The molecule has 0 aromatic rings. The number of carboxylic acid groups (broad SMARTS) is 3. The summed E-state index contributed by atoms with van der Waals surface area (Å²) in [6, 6.07) is 0. The minimum atomic E-state index is -0.833. The topological polar surface area (TPSA) is 161 Å². The van der Waals surface area contributed by atoms with Crippen LogP contribution in [0.5, 0.6) is 0 Å². The average molecular weight is 356 g/mol. The van der Waals surface area contributed by atoms with Crippen LogP contribution in [-0.2, 0) is 14.4 Å². The summed E-state index contributed by atoms with van der Waals surface area (Å²) < 4.78 is 0. The summed E-state index contributed by atoms with van der Waals surface area (Å²) in [4.78, 5) is 27.0. The van der Waals surface area contributed by atoms with E-state index in [2.05, 4.69) is 0 Å². The maximum absolute atomic E-state index is 9.00. The van der Waals surface area contributed by atoms with Crippen LogP contribution < -0.4 is 94.4 Å². The molecule has 0 radical (unpaired) electrons. The first-order valence-corrected chi connectivity index (χ1v) is 5.23. The third-order valence-electron chi connectivity index (χ3n) is 0.752. The fraction of sp³-hybridized carbons (Fsp3) is 0.700. The van der Waals surface area contributed by atoms with Gasteiger partial charge in [0, 0.05) is 40.4 Å². The zero-order valence-corrected chi connectivity index (χ0v) is 20.7. The second-order valence-electron chi connectivity index (χ2n) is 2.89. The molecule has 0 fully saturated rings. The number of hydrogen-bond donors (Lipinski definition) is 5. The van der Waals surface area contributed by atoms with Gasteiger partial charge in [-0.15, -0.1) is 0 Å². The smallest absolute Gasteiger partial charge is 1.00 e. The standard InChI is InChI=1S/C4H12N2O.3C2H4O2.3Na.3H/c1-2-6(7)4-3-5;3*1-2(3)4;;;;;;/h7H,2-5H2,1H3;3*1H3,(H,3,4);;;;;;/q;;;;3*+1;3*-1. The van der Waals surface area contributed by atoms with Crippen molar-refractivity contribution in [3.63, 3.8) is 0 Å². The molecule has 0 atom stereocenters. The molecule has 9 nitrogen and oxygen atoms in total. The van der Waals surface area contributed by atoms with Gasteiger partial charge in [-0.2, -0.15) is 5.06 Å². The zero-order chi connectivity index (χ0) is 16.4. The summed E-state index contributed by atoms with van der Waals surface area (Å²) in [6.07, 6.45) is 0. The Morgan fingerprint density at radius 1 is 0.909 bits per heavy atom. The van der Waals surface area contributed by atoms with Gasteiger partial charge < -0.3 is 30.5 Å². The molecule has 0 saturated heterocycles. The number of carboxylic acids is 3. The van der Waals surface area contributed by atoms with Crippen LogP contribution >= 0.6 is 0 Å². The van der Waals surface area contributed by atoms with Gasteiger partial charge in [0.25, 0.3) is 17.9 Å². The molecule has 0 aromatic carbocycles. The zero-order valence-electron chi connectivity index (χ0n) is 17.7. The van der Waals surface area contributed by atoms with Gasteiger partial charge >= 0.3 is 88.7 Å². The molecule has 12 heteroatoms. The normalized spacial score (nSPS) is 6.68. The van der Waals surface area contributed by atoms with Gasteiger partial charge in [0.05, 0.1) is 0 Å². The van der Waals surface area contributed by atoms with Gasteiger partial charge in [-0.05, 0) is 0 Å². The average Bonchev–Trinajstić information content (AvgIpc) is 2.15. The molecule has 22 heavy (non-hydrogen) atoms. The van der Waals surface area contributed by atoms with E-state index in [0.717, 1.165) is 20.8 Å². The van der Waals surface area contributed by atoms with Crippen molar-refractivity contribution in [2.75, 3.05) is 19.6 Å². The summed E-state index contributed by atoms with van der Waals surface area (Å²) in [5.41, 5.74) is 5.10. The van der Waals surface area contributed by atoms with Gasteiger partial charge in [-0.3, -0.25) is 14.4 Å². The van der Waals surface area contributed by atoms with Crippen molar-refractivity contribution in [2.24, 2.45) is 5.73 Å². The third kappa shape index (κ3) is 222. The predicted molar refractivity (Wildman–Crippen MR) is 71.4 cm³/mol. The molecule has 0 unspecified atom stereocenters. The van der Waals surface area contributed by atoms with E-state index in [1.165, 1.54) is 5.06 Å². The van der Waals surface area contributed by atoms with E-state index in [4.69, 9.17) is 40.6 Å². The van der Waals surface area contributed by atoms with E-state index < -0.39 is 17.9 Å². The second kappa shape index (κ2) is 38.1. The molecule has 0 aliphatic carbocycles. The van der Waals surface area contributed by atoms with Gasteiger partial charge in [0.2, 0.25) is 0 Å². The monoisotopic (exact) mass is 356 g/mol. The van der Waals surface area contributed by atoms with Crippen LogP contribution in [0, 0.1) is 0 Å². The van der Waals surface area contributed by atoms with E-state index in [1.807, 2.05) is 6.92 Å². The van der Waals surface area contributed by atoms with Gasteiger partial charge in [-0.1, -0.05) is 6.92 Å². The van der Waals surface area contributed by atoms with E-state index in [9.17, 15) is 0 Å². The van der Waals surface area contributed by atoms with Crippen molar-refractivity contribution in [1.82, 2.24) is 5.06 Å². The third-order valence-corrected chi connectivity index (χ3v) is 0.752.